The number of hydrogen-bond acceptors (Lipinski definition) is 2. The molecule has 0 radical (unpaired) electrons. The standard InChI is InChI=1S/C21H21ClOS/c1-3-13-24-15-16(2)21(23)20(18-7-5-4-6-8-18)14-17-9-11-19(22)12-10-17/h4-12,14H,2-3,13,15H2,1H3/b20-14+. The zero-order valence-electron chi connectivity index (χ0n) is 13.8. The van der Waals surface area contributed by atoms with Gasteiger partial charge in [0.2, 0.25) is 0 Å². The van der Waals surface area contributed by atoms with Crippen molar-refractivity contribution in [1.82, 2.24) is 0 Å². The van der Waals surface area contributed by atoms with Crippen molar-refractivity contribution in [3.63, 3.8) is 0 Å². The molecule has 0 saturated heterocycles. The summed E-state index contributed by atoms with van der Waals surface area (Å²) in [5, 5.41) is 0.681. The number of thioether (sulfide) groups is 1. The molecule has 0 saturated carbocycles. The molecule has 24 heavy (non-hydrogen) atoms. The zero-order chi connectivity index (χ0) is 17.4. The molecule has 1 nitrogen and oxygen atoms in total. The monoisotopic (exact) mass is 356 g/mol. The van der Waals surface area contributed by atoms with E-state index < -0.39 is 0 Å². The van der Waals surface area contributed by atoms with E-state index in [1.807, 2.05) is 60.7 Å². The summed E-state index contributed by atoms with van der Waals surface area (Å²) in [6.07, 6.45) is 3.00. The van der Waals surface area contributed by atoms with Gasteiger partial charge >= 0.3 is 0 Å². The van der Waals surface area contributed by atoms with Gasteiger partial charge in [0.05, 0.1) is 0 Å². The van der Waals surface area contributed by atoms with Gasteiger partial charge in [-0.2, -0.15) is 11.8 Å². The second-order valence-corrected chi connectivity index (χ2v) is 7.00. The number of ketones is 1. The second-order valence-electron chi connectivity index (χ2n) is 5.46. The molecule has 0 aliphatic heterocycles. The van der Waals surface area contributed by atoms with Crippen LogP contribution in [-0.4, -0.2) is 17.3 Å². The topological polar surface area (TPSA) is 17.1 Å². The molecule has 0 heterocycles. The fraction of sp³-hybridized carbons (Fsp3) is 0.190. The average Bonchev–Trinajstić information content (AvgIpc) is 2.61. The summed E-state index contributed by atoms with van der Waals surface area (Å²) in [7, 11) is 0. The van der Waals surface area contributed by atoms with E-state index in [-0.39, 0.29) is 5.78 Å². The number of carbonyl (C=O) groups is 1. The van der Waals surface area contributed by atoms with Crippen LogP contribution in [0.25, 0.3) is 11.6 Å². The van der Waals surface area contributed by atoms with Crippen molar-refractivity contribution in [1.29, 1.82) is 0 Å². The molecule has 2 rings (SSSR count). The van der Waals surface area contributed by atoms with Gasteiger partial charge in [0.1, 0.15) is 0 Å². The maximum Gasteiger partial charge on any atom is 0.189 e. The smallest absolute Gasteiger partial charge is 0.189 e. The van der Waals surface area contributed by atoms with Gasteiger partial charge in [-0.25, -0.2) is 0 Å². The summed E-state index contributed by atoms with van der Waals surface area (Å²) in [5.41, 5.74) is 3.15. The Hall–Kier alpha value is -1.77. The zero-order valence-corrected chi connectivity index (χ0v) is 15.4. The lowest BCUT2D eigenvalue weighted by molar-refractivity contribution is -0.110. The van der Waals surface area contributed by atoms with E-state index in [2.05, 4.69) is 13.5 Å². The second kappa shape index (κ2) is 9.51. The fourth-order valence-corrected chi connectivity index (χ4v) is 3.16. The normalized spacial score (nSPS) is 11.3. The number of Topliss-reactive ketones (excluding diaryl/α,β-unsaturated/α-hetero) is 1. The molecule has 0 fully saturated rings. The Labute approximate surface area is 153 Å². The summed E-state index contributed by atoms with van der Waals surface area (Å²) >= 11 is 7.69. The van der Waals surface area contributed by atoms with E-state index in [1.54, 1.807) is 11.8 Å². The molecule has 0 aliphatic carbocycles. The molecular formula is C21H21ClOS. The van der Waals surface area contributed by atoms with Gasteiger partial charge in [0.25, 0.3) is 0 Å². The van der Waals surface area contributed by atoms with Crippen LogP contribution < -0.4 is 0 Å². The predicted octanol–water partition coefficient (Wildman–Crippen LogP) is 6.15. The number of carbonyl (C=O) groups excluding carboxylic acids is 1. The van der Waals surface area contributed by atoms with E-state index in [1.165, 1.54) is 0 Å². The van der Waals surface area contributed by atoms with E-state index in [0.29, 0.717) is 21.9 Å². The van der Waals surface area contributed by atoms with Gasteiger partial charge in [0, 0.05) is 21.9 Å². The highest BCUT2D eigenvalue weighted by Crippen LogP contribution is 2.24. The molecule has 3 heteroatoms. The number of allylic oxidation sites excluding steroid dienone is 1. The van der Waals surface area contributed by atoms with Crippen LogP contribution >= 0.6 is 23.4 Å². The van der Waals surface area contributed by atoms with Gasteiger partial charge in [-0.15, -0.1) is 0 Å². The number of hydrogen-bond donors (Lipinski definition) is 0. The third-order valence-electron chi connectivity index (χ3n) is 3.46. The van der Waals surface area contributed by atoms with Crippen molar-refractivity contribution >= 4 is 40.8 Å². The Balaban J connectivity index is 2.31. The van der Waals surface area contributed by atoms with Gasteiger partial charge < -0.3 is 0 Å². The molecule has 0 unspecified atom stereocenters. The Kier molecular flexibility index (Phi) is 7.36. The minimum atomic E-state index is -0.000229. The van der Waals surface area contributed by atoms with Crippen molar-refractivity contribution in [2.24, 2.45) is 0 Å². The first-order valence-electron chi connectivity index (χ1n) is 7.94. The lowest BCUT2D eigenvalue weighted by Crippen LogP contribution is -2.07. The highest BCUT2D eigenvalue weighted by Gasteiger charge is 2.15. The predicted molar refractivity (Wildman–Crippen MR) is 108 cm³/mol. The van der Waals surface area contributed by atoms with Crippen LogP contribution in [0.4, 0.5) is 0 Å². The summed E-state index contributed by atoms with van der Waals surface area (Å²) in [6, 6.07) is 17.2. The van der Waals surface area contributed by atoms with E-state index in [4.69, 9.17) is 11.6 Å². The minimum absolute atomic E-state index is 0.000229. The summed E-state index contributed by atoms with van der Waals surface area (Å²) < 4.78 is 0. The minimum Gasteiger partial charge on any atom is -0.289 e. The highest BCUT2D eigenvalue weighted by molar-refractivity contribution is 7.99. The van der Waals surface area contributed by atoms with Gasteiger partial charge in [-0.3, -0.25) is 4.79 Å². The van der Waals surface area contributed by atoms with Gasteiger partial charge in [-0.1, -0.05) is 67.6 Å². The molecule has 2 aromatic carbocycles. The molecule has 0 amide bonds. The Morgan fingerprint density at radius 1 is 1.12 bits per heavy atom. The SMILES string of the molecule is C=C(CSCCC)C(=O)/C(=C/c1ccc(Cl)cc1)c1ccccc1. The molecule has 2 aromatic rings. The molecule has 0 aromatic heterocycles. The van der Waals surface area contributed by atoms with Crippen LogP contribution in [0.1, 0.15) is 24.5 Å². The average molecular weight is 357 g/mol. The first kappa shape index (κ1) is 18.6. The molecule has 0 spiro atoms. The lowest BCUT2D eigenvalue weighted by atomic mass is 9.96. The Bertz CT molecular complexity index is 717. The highest BCUT2D eigenvalue weighted by atomic mass is 35.5. The maximum absolute atomic E-state index is 12.9. The quantitative estimate of drug-likeness (QED) is 0.320. The van der Waals surface area contributed by atoms with E-state index in [9.17, 15) is 4.79 Å². The van der Waals surface area contributed by atoms with Crippen LogP contribution in [0.3, 0.4) is 0 Å². The molecule has 0 bridgehead atoms. The third kappa shape index (κ3) is 5.40. The lowest BCUT2D eigenvalue weighted by Gasteiger charge is -2.10. The van der Waals surface area contributed by atoms with E-state index in [0.717, 1.165) is 23.3 Å². The number of benzene rings is 2. The first-order chi connectivity index (χ1) is 11.6. The van der Waals surface area contributed by atoms with Crippen molar-refractivity contribution in [3.05, 3.63) is 82.9 Å². The van der Waals surface area contributed by atoms with Crippen LogP contribution in [0, 0.1) is 0 Å². The van der Waals surface area contributed by atoms with Crippen molar-refractivity contribution in [2.75, 3.05) is 11.5 Å². The molecule has 0 N–H and O–H groups in total. The van der Waals surface area contributed by atoms with Crippen LogP contribution in [0.5, 0.6) is 0 Å². The molecular weight excluding hydrogens is 336 g/mol. The van der Waals surface area contributed by atoms with E-state index >= 15 is 0 Å². The number of halogens is 1. The molecule has 0 atom stereocenters. The number of rotatable bonds is 8. The first-order valence-corrected chi connectivity index (χ1v) is 9.48. The summed E-state index contributed by atoms with van der Waals surface area (Å²) in [5.74, 6) is 1.70. The van der Waals surface area contributed by atoms with Crippen LogP contribution in [0.15, 0.2) is 66.7 Å². The molecule has 0 aliphatic rings. The van der Waals surface area contributed by atoms with Crippen molar-refractivity contribution in [3.8, 4) is 0 Å². The van der Waals surface area contributed by atoms with Crippen molar-refractivity contribution < 1.29 is 4.79 Å². The fourth-order valence-electron chi connectivity index (χ4n) is 2.22. The van der Waals surface area contributed by atoms with Crippen LogP contribution in [0.2, 0.25) is 5.02 Å². The molecule has 124 valence electrons. The Morgan fingerprint density at radius 2 is 1.79 bits per heavy atom. The van der Waals surface area contributed by atoms with Gasteiger partial charge in [0.15, 0.2) is 5.78 Å². The Morgan fingerprint density at radius 3 is 2.42 bits per heavy atom. The summed E-state index contributed by atoms with van der Waals surface area (Å²) in [4.78, 5) is 12.9. The maximum atomic E-state index is 12.9. The summed E-state index contributed by atoms with van der Waals surface area (Å²) in [6.45, 7) is 6.13. The largest absolute Gasteiger partial charge is 0.289 e. The van der Waals surface area contributed by atoms with Crippen molar-refractivity contribution in [2.45, 2.75) is 13.3 Å². The van der Waals surface area contributed by atoms with Crippen LogP contribution in [-0.2, 0) is 4.79 Å². The van der Waals surface area contributed by atoms with Gasteiger partial charge in [-0.05, 0) is 41.5 Å². The third-order valence-corrected chi connectivity index (χ3v) is 4.96.